The molecule has 164 valence electrons. The average molecular weight is 455 g/mol. The molecule has 0 aliphatic heterocycles. The van der Waals surface area contributed by atoms with Gasteiger partial charge in [-0.2, -0.15) is 0 Å². The van der Waals surface area contributed by atoms with E-state index in [1.54, 1.807) is 20.8 Å². The summed E-state index contributed by atoms with van der Waals surface area (Å²) in [6.07, 6.45) is 0. The minimum Gasteiger partial charge on any atom is -0.462 e. The first-order valence-corrected chi connectivity index (χ1v) is 11.3. The van der Waals surface area contributed by atoms with Gasteiger partial charge in [-0.25, -0.2) is 9.59 Å². The fourth-order valence-corrected chi connectivity index (χ4v) is 4.51. The van der Waals surface area contributed by atoms with Crippen LogP contribution in [0.5, 0.6) is 0 Å². The molecular formula is C19H26N4O5S2. The van der Waals surface area contributed by atoms with Gasteiger partial charge in [0.1, 0.15) is 15.7 Å². The van der Waals surface area contributed by atoms with Gasteiger partial charge in [-0.05, 0) is 26.3 Å². The van der Waals surface area contributed by atoms with Gasteiger partial charge in [-0.1, -0.05) is 25.6 Å². The fourth-order valence-electron chi connectivity index (χ4n) is 2.69. The third-order valence-electron chi connectivity index (χ3n) is 4.06. The van der Waals surface area contributed by atoms with Crippen LogP contribution in [-0.4, -0.2) is 51.6 Å². The number of carbonyl (C=O) groups excluding carboxylic acids is 3. The van der Waals surface area contributed by atoms with Gasteiger partial charge in [0, 0.05) is 13.0 Å². The summed E-state index contributed by atoms with van der Waals surface area (Å²) in [5.74, 6) is -0.363. The van der Waals surface area contributed by atoms with Crippen LogP contribution in [0.3, 0.4) is 0 Å². The molecule has 30 heavy (non-hydrogen) atoms. The first-order valence-electron chi connectivity index (χ1n) is 9.50. The summed E-state index contributed by atoms with van der Waals surface area (Å²) in [5.41, 5.74) is 0.596. The SMILES string of the molecule is CCOC(=O)c1sc(NC(=O)CSc2nnc(C(C)C)n2C)c(C(=O)OCC)c1C. The van der Waals surface area contributed by atoms with Gasteiger partial charge in [-0.3, -0.25) is 4.79 Å². The lowest BCUT2D eigenvalue weighted by molar-refractivity contribution is -0.113. The van der Waals surface area contributed by atoms with Crippen LogP contribution in [0.1, 0.15) is 65.0 Å². The number of carbonyl (C=O) groups is 3. The lowest BCUT2D eigenvalue weighted by atomic mass is 10.1. The molecule has 2 heterocycles. The van der Waals surface area contributed by atoms with E-state index >= 15 is 0 Å². The summed E-state index contributed by atoms with van der Waals surface area (Å²) < 4.78 is 12.0. The highest BCUT2D eigenvalue weighted by atomic mass is 32.2. The first kappa shape index (κ1) is 23.9. The molecular weight excluding hydrogens is 428 g/mol. The number of esters is 2. The molecule has 0 aliphatic rings. The molecule has 1 amide bonds. The Labute approximate surface area is 183 Å². The van der Waals surface area contributed by atoms with Crippen LogP contribution in [0.2, 0.25) is 0 Å². The van der Waals surface area contributed by atoms with Gasteiger partial charge in [0.2, 0.25) is 5.91 Å². The van der Waals surface area contributed by atoms with Crippen LogP contribution in [-0.2, 0) is 21.3 Å². The van der Waals surface area contributed by atoms with Crippen molar-refractivity contribution in [2.45, 2.75) is 45.7 Å². The van der Waals surface area contributed by atoms with Crippen molar-refractivity contribution < 1.29 is 23.9 Å². The number of thiophene rings is 1. The molecule has 0 spiro atoms. The second kappa shape index (κ2) is 10.6. The van der Waals surface area contributed by atoms with Gasteiger partial charge in [0.05, 0.1) is 24.5 Å². The van der Waals surface area contributed by atoms with Crippen LogP contribution >= 0.6 is 23.1 Å². The number of amides is 1. The molecule has 2 aromatic heterocycles. The summed E-state index contributed by atoms with van der Waals surface area (Å²) in [4.78, 5) is 37.4. The molecule has 0 aromatic carbocycles. The average Bonchev–Trinajstić information content (AvgIpc) is 3.20. The lowest BCUT2D eigenvalue weighted by Crippen LogP contribution is -2.17. The number of hydrogen-bond donors (Lipinski definition) is 1. The number of nitrogens with zero attached hydrogens (tertiary/aromatic N) is 3. The maximum absolute atomic E-state index is 12.5. The standard InChI is InChI=1S/C19H26N4O5S2/c1-7-27-17(25)13-11(5)14(18(26)28-8-2)30-16(13)20-12(24)9-29-19-22-21-15(10(3)4)23(19)6/h10H,7-9H2,1-6H3,(H,20,24). The summed E-state index contributed by atoms with van der Waals surface area (Å²) in [7, 11) is 1.85. The summed E-state index contributed by atoms with van der Waals surface area (Å²) in [5, 5.41) is 11.9. The van der Waals surface area contributed by atoms with Crippen molar-refractivity contribution in [3.8, 4) is 0 Å². The zero-order chi connectivity index (χ0) is 22.4. The van der Waals surface area contributed by atoms with Gasteiger partial charge < -0.3 is 19.4 Å². The normalized spacial score (nSPS) is 10.9. The maximum Gasteiger partial charge on any atom is 0.348 e. The van der Waals surface area contributed by atoms with Crippen molar-refractivity contribution in [1.29, 1.82) is 0 Å². The Morgan fingerprint density at radius 3 is 2.33 bits per heavy atom. The van der Waals surface area contributed by atoms with E-state index in [1.807, 2.05) is 25.5 Å². The Kier molecular flexibility index (Phi) is 8.42. The van der Waals surface area contributed by atoms with E-state index in [0.29, 0.717) is 10.7 Å². The molecule has 0 fully saturated rings. The van der Waals surface area contributed by atoms with Crippen molar-refractivity contribution >= 4 is 45.9 Å². The van der Waals surface area contributed by atoms with Crippen molar-refractivity contribution in [3.63, 3.8) is 0 Å². The number of hydrogen-bond acceptors (Lipinski definition) is 9. The highest BCUT2D eigenvalue weighted by molar-refractivity contribution is 7.99. The zero-order valence-corrected chi connectivity index (χ0v) is 19.5. The van der Waals surface area contributed by atoms with Gasteiger partial charge >= 0.3 is 11.9 Å². The van der Waals surface area contributed by atoms with Crippen LogP contribution in [0.4, 0.5) is 5.00 Å². The Hall–Kier alpha value is -2.40. The van der Waals surface area contributed by atoms with Crippen LogP contribution in [0.25, 0.3) is 0 Å². The predicted octanol–water partition coefficient (Wildman–Crippen LogP) is 3.39. The molecule has 0 saturated heterocycles. The van der Waals surface area contributed by atoms with E-state index in [1.165, 1.54) is 11.8 Å². The molecule has 1 N–H and O–H groups in total. The monoisotopic (exact) mass is 454 g/mol. The lowest BCUT2D eigenvalue weighted by Gasteiger charge is -2.08. The number of ether oxygens (including phenoxy) is 2. The van der Waals surface area contributed by atoms with E-state index in [0.717, 1.165) is 17.2 Å². The molecule has 9 nitrogen and oxygen atoms in total. The number of anilines is 1. The molecule has 0 unspecified atom stereocenters. The number of thioether (sulfide) groups is 1. The van der Waals surface area contributed by atoms with Crippen LogP contribution in [0.15, 0.2) is 5.16 Å². The van der Waals surface area contributed by atoms with Crippen LogP contribution < -0.4 is 5.32 Å². The van der Waals surface area contributed by atoms with E-state index < -0.39 is 11.9 Å². The fraction of sp³-hybridized carbons (Fsp3) is 0.526. The van der Waals surface area contributed by atoms with Gasteiger partial charge in [0.15, 0.2) is 5.16 Å². The summed E-state index contributed by atoms with van der Waals surface area (Å²) in [6.45, 7) is 9.43. The van der Waals surface area contributed by atoms with Gasteiger partial charge in [0.25, 0.3) is 0 Å². The quantitative estimate of drug-likeness (QED) is 0.453. The van der Waals surface area contributed by atoms with E-state index in [4.69, 9.17) is 9.47 Å². The minimum atomic E-state index is -0.598. The van der Waals surface area contributed by atoms with Crippen molar-refractivity contribution in [2.75, 3.05) is 24.3 Å². The molecule has 0 aliphatic carbocycles. The molecule has 0 radical (unpaired) electrons. The Bertz CT molecular complexity index is 936. The highest BCUT2D eigenvalue weighted by Crippen LogP contribution is 2.34. The maximum atomic E-state index is 12.5. The molecule has 0 atom stereocenters. The van der Waals surface area contributed by atoms with Gasteiger partial charge in [-0.15, -0.1) is 21.5 Å². The zero-order valence-electron chi connectivity index (χ0n) is 17.9. The number of nitrogens with one attached hydrogen (secondary N) is 1. The van der Waals surface area contributed by atoms with Crippen molar-refractivity contribution in [3.05, 3.63) is 21.8 Å². The number of aromatic nitrogens is 3. The Morgan fingerprint density at radius 2 is 1.77 bits per heavy atom. The first-order chi connectivity index (χ1) is 14.2. The highest BCUT2D eigenvalue weighted by Gasteiger charge is 2.27. The smallest absolute Gasteiger partial charge is 0.348 e. The molecule has 0 saturated carbocycles. The summed E-state index contributed by atoms with van der Waals surface area (Å²) in [6, 6.07) is 0. The largest absolute Gasteiger partial charge is 0.462 e. The molecule has 2 rings (SSSR count). The molecule has 2 aromatic rings. The molecule has 11 heteroatoms. The second-order valence-electron chi connectivity index (χ2n) is 6.59. The van der Waals surface area contributed by atoms with Crippen molar-refractivity contribution in [1.82, 2.24) is 14.8 Å². The van der Waals surface area contributed by atoms with E-state index in [-0.39, 0.29) is 46.2 Å². The van der Waals surface area contributed by atoms with Crippen LogP contribution in [0, 0.1) is 6.92 Å². The third kappa shape index (κ3) is 5.39. The van der Waals surface area contributed by atoms with Crippen molar-refractivity contribution in [2.24, 2.45) is 7.05 Å². The Balaban J connectivity index is 2.19. The minimum absolute atomic E-state index is 0.0675. The molecule has 0 bridgehead atoms. The Morgan fingerprint density at radius 1 is 1.13 bits per heavy atom. The second-order valence-corrected chi connectivity index (χ2v) is 8.56. The summed E-state index contributed by atoms with van der Waals surface area (Å²) >= 11 is 2.24. The third-order valence-corrected chi connectivity index (χ3v) is 6.26. The van der Waals surface area contributed by atoms with E-state index in [9.17, 15) is 14.4 Å². The topological polar surface area (TPSA) is 112 Å². The number of rotatable bonds is 9. The van der Waals surface area contributed by atoms with E-state index in [2.05, 4.69) is 15.5 Å². The predicted molar refractivity (Wildman–Crippen MR) is 115 cm³/mol.